The molecule has 0 aliphatic carbocycles. The minimum absolute atomic E-state index is 0.0528. The number of carbonyl (C=O) groups excluding carboxylic acids is 1. The van der Waals surface area contributed by atoms with Crippen LogP contribution in [0.15, 0.2) is 48.5 Å². The summed E-state index contributed by atoms with van der Waals surface area (Å²) in [5.74, 6) is -0.212. The lowest BCUT2D eigenvalue weighted by molar-refractivity contribution is -0.146. The lowest BCUT2D eigenvalue weighted by Gasteiger charge is -2.39. The average molecular weight is 424 g/mol. The molecule has 3 aliphatic rings. The van der Waals surface area contributed by atoms with Crippen LogP contribution >= 0.6 is 0 Å². The Labute approximate surface area is 183 Å². The fourth-order valence-electron chi connectivity index (χ4n) is 5.28. The van der Waals surface area contributed by atoms with Gasteiger partial charge in [-0.15, -0.1) is 0 Å². The molecule has 3 atom stereocenters. The second-order valence-electron chi connectivity index (χ2n) is 9.00. The molecule has 1 amide bonds. The molecular weight excluding hydrogens is 393 g/mol. The van der Waals surface area contributed by atoms with Crippen molar-refractivity contribution < 1.29 is 13.9 Å². The zero-order chi connectivity index (χ0) is 21.4. The maximum atomic E-state index is 13.7. The van der Waals surface area contributed by atoms with Crippen LogP contribution in [0.3, 0.4) is 0 Å². The first kappa shape index (κ1) is 20.6. The Hall–Kier alpha value is -2.28. The number of rotatable bonds is 2. The first-order valence-electron chi connectivity index (χ1n) is 11.3. The summed E-state index contributed by atoms with van der Waals surface area (Å²) in [7, 11) is 2.14. The number of hydrogen-bond acceptors (Lipinski definition) is 4. The van der Waals surface area contributed by atoms with Gasteiger partial charge in [0.2, 0.25) is 0 Å². The molecule has 0 radical (unpaired) electrons. The lowest BCUT2D eigenvalue weighted by atomic mass is 9.87. The number of piperazine rings is 1. The quantitative estimate of drug-likeness (QED) is 0.744. The number of ether oxygens (including phenoxy) is 1. The van der Waals surface area contributed by atoms with Crippen molar-refractivity contribution in [3.8, 4) is 0 Å². The highest BCUT2D eigenvalue weighted by Crippen LogP contribution is 2.36. The zero-order valence-corrected chi connectivity index (χ0v) is 18.0. The van der Waals surface area contributed by atoms with Gasteiger partial charge in [-0.3, -0.25) is 9.69 Å². The normalized spacial score (nSPS) is 27.3. The SMILES string of the molecule is CN1CCN2CC[C@H](C(=O)N3CCc4ccccc4[C@@H]3c3ccc(F)cc3)OC[C@@H]2C1. The minimum Gasteiger partial charge on any atom is -0.367 e. The van der Waals surface area contributed by atoms with E-state index in [0.717, 1.165) is 43.7 Å². The second kappa shape index (κ2) is 8.69. The van der Waals surface area contributed by atoms with E-state index in [4.69, 9.17) is 4.74 Å². The Balaban J connectivity index is 1.41. The largest absolute Gasteiger partial charge is 0.367 e. The minimum atomic E-state index is -0.427. The van der Waals surface area contributed by atoms with Gasteiger partial charge in [0.25, 0.3) is 5.91 Å². The van der Waals surface area contributed by atoms with Crippen LogP contribution < -0.4 is 0 Å². The van der Waals surface area contributed by atoms with Crippen molar-refractivity contribution in [3.05, 3.63) is 71.0 Å². The summed E-state index contributed by atoms with van der Waals surface area (Å²) in [5, 5.41) is 0. The molecule has 164 valence electrons. The molecule has 0 saturated carbocycles. The van der Waals surface area contributed by atoms with E-state index in [-0.39, 0.29) is 17.8 Å². The molecule has 0 aromatic heterocycles. The van der Waals surface area contributed by atoms with E-state index >= 15 is 0 Å². The predicted octanol–water partition coefficient (Wildman–Crippen LogP) is 2.70. The number of hydrogen-bond donors (Lipinski definition) is 0. The molecule has 3 heterocycles. The van der Waals surface area contributed by atoms with E-state index in [1.807, 2.05) is 17.0 Å². The Kier molecular flexibility index (Phi) is 5.78. The van der Waals surface area contributed by atoms with Gasteiger partial charge in [-0.25, -0.2) is 4.39 Å². The van der Waals surface area contributed by atoms with Crippen LogP contribution in [-0.4, -0.2) is 79.1 Å². The summed E-state index contributed by atoms with van der Waals surface area (Å²) < 4.78 is 19.8. The van der Waals surface area contributed by atoms with E-state index < -0.39 is 6.10 Å². The Bertz CT molecular complexity index is 935. The summed E-state index contributed by atoms with van der Waals surface area (Å²) in [4.78, 5) is 20.5. The highest BCUT2D eigenvalue weighted by atomic mass is 19.1. The summed E-state index contributed by atoms with van der Waals surface area (Å²) in [6.45, 7) is 5.20. The molecule has 0 N–H and O–H groups in total. The van der Waals surface area contributed by atoms with Crippen LogP contribution in [0.1, 0.15) is 29.2 Å². The van der Waals surface area contributed by atoms with Crippen molar-refractivity contribution >= 4 is 5.91 Å². The number of halogens is 1. The molecule has 2 fully saturated rings. The van der Waals surface area contributed by atoms with Crippen molar-refractivity contribution in [1.29, 1.82) is 0 Å². The van der Waals surface area contributed by atoms with Gasteiger partial charge in [-0.2, -0.15) is 0 Å². The van der Waals surface area contributed by atoms with E-state index in [9.17, 15) is 9.18 Å². The molecular formula is C25H30FN3O2. The van der Waals surface area contributed by atoms with Crippen molar-refractivity contribution in [2.45, 2.75) is 31.0 Å². The van der Waals surface area contributed by atoms with Gasteiger partial charge in [0.1, 0.15) is 11.9 Å². The van der Waals surface area contributed by atoms with E-state index in [1.54, 1.807) is 12.1 Å². The molecule has 2 aromatic carbocycles. The third-order valence-electron chi connectivity index (χ3n) is 7.00. The summed E-state index contributed by atoms with van der Waals surface area (Å²) >= 11 is 0. The third-order valence-corrected chi connectivity index (χ3v) is 7.00. The standard InChI is InChI=1S/C25H30FN3O2/c1-27-14-15-28-12-11-23(31-17-21(28)16-27)25(30)29-13-10-18-4-2-3-5-22(18)24(29)19-6-8-20(26)9-7-19/h2-9,21,23-24H,10-17H2,1H3/t21-,23+,24-/m0/s1. The van der Waals surface area contributed by atoms with Gasteiger partial charge in [0.15, 0.2) is 0 Å². The highest BCUT2D eigenvalue weighted by Gasteiger charge is 2.38. The molecule has 0 unspecified atom stereocenters. The first-order valence-corrected chi connectivity index (χ1v) is 11.3. The Morgan fingerprint density at radius 1 is 1.03 bits per heavy atom. The monoisotopic (exact) mass is 423 g/mol. The van der Waals surface area contributed by atoms with Gasteiger partial charge in [-0.05, 0) is 48.7 Å². The molecule has 5 nitrogen and oxygen atoms in total. The number of amides is 1. The van der Waals surface area contributed by atoms with Crippen LogP contribution in [0, 0.1) is 5.82 Å². The average Bonchev–Trinajstić information content (AvgIpc) is 3.01. The van der Waals surface area contributed by atoms with Gasteiger partial charge in [0.05, 0.1) is 12.6 Å². The lowest BCUT2D eigenvalue weighted by Crippen LogP contribution is -2.52. The second-order valence-corrected chi connectivity index (χ2v) is 9.00. The topological polar surface area (TPSA) is 36.0 Å². The van der Waals surface area contributed by atoms with Gasteiger partial charge < -0.3 is 14.5 Å². The molecule has 5 rings (SSSR count). The summed E-state index contributed by atoms with van der Waals surface area (Å²) in [6.07, 6.45) is 1.11. The Morgan fingerprint density at radius 2 is 1.84 bits per heavy atom. The van der Waals surface area contributed by atoms with Crippen LogP contribution in [0.25, 0.3) is 0 Å². The van der Waals surface area contributed by atoms with Crippen LogP contribution in [0.4, 0.5) is 4.39 Å². The number of fused-ring (bicyclic) bond motifs is 2. The Morgan fingerprint density at radius 3 is 2.68 bits per heavy atom. The van der Waals surface area contributed by atoms with Crippen molar-refractivity contribution in [2.24, 2.45) is 0 Å². The van der Waals surface area contributed by atoms with Crippen LogP contribution in [-0.2, 0) is 16.0 Å². The smallest absolute Gasteiger partial charge is 0.252 e. The maximum absolute atomic E-state index is 13.7. The molecule has 0 spiro atoms. The number of benzene rings is 2. The summed E-state index contributed by atoms with van der Waals surface area (Å²) in [6, 6.07) is 15.0. The molecule has 2 saturated heterocycles. The van der Waals surface area contributed by atoms with Crippen LogP contribution in [0.5, 0.6) is 0 Å². The van der Waals surface area contributed by atoms with E-state index in [2.05, 4.69) is 29.0 Å². The van der Waals surface area contributed by atoms with E-state index in [0.29, 0.717) is 25.6 Å². The van der Waals surface area contributed by atoms with Gasteiger partial charge >= 0.3 is 0 Å². The molecule has 3 aliphatic heterocycles. The predicted molar refractivity (Wildman–Crippen MR) is 117 cm³/mol. The van der Waals surface area contributed by atoms with Crippen molar-refractivity contribution in [3.63, 3.8) is 0 Å². The van der Waals surface area contributed by atoms with E-state index in [1.165, 1.54) is 17.7 Å². The third kappa shape index (κ3) is 4.12. The molecule has 2 aromatic rings. The number of likely N-dealkylation sites (N-methyl/N-ethyl adjacent to an activating group) is 1. The fraction of sp³-hybridized carbons (Fsp3) is 0.480. The highest BCUT2D eigenvalue weighted by molar-refractivity contribution is 5.82. The number of carbonyl (C=O) groups is 1. The van der Waals surface area contributed by atoms with Crippen LogP contribution in [0.2, 0.25) is 0 Å². The van der Waals surface area contributed by atoms with Gasteiger partial charge in [-0.1, -0.05) is 36.4 Å². The zero-order valence-electron chi connectivity index (χ0n) is 18.0. The maximum Gasteiger partial charge on any atom is 0.252 e. The summed E-state index contributed by atoms with van der Waals surface area (Å²) in [5.41, 5.74) is 3.32. The first-order chi connectivity index (χ1) is 15.1. The molecule has 0 bridgehead atoms. The fourth-order valence-corrected chi connectivity index (χ4v) is 5.28. The number of nitrogens with zero attached hydrogens (tertiary/aromatic N) is 3. The van der Waals surface area contributed by atoms with Crippen molar-refractivity contribution in [2.75, 3.05) is 46.4 Å². The van der Waals surface area contributed by atoms with Crippen molar-refractivity contribution in [1.82, 2.24) is 14.7 Å². The molecule has 31 heavy (non-hydrogen) atoms. The van der Waals surface area contributed by atoms with Gasteiger partial charge in [0, 0.05) is 38.8 Å². The molecule has 6 heteroatoms.